The number of allylic oxidation sites excluding steroid dienone is 1. The van der Waals surface area contributed by atoms with Gasteiger partial charge in [-0.3, -0.25) is 0 Å². The predicted octanol–water partition coefficient (Wildman–Crippen LogP) is 16.6. The average molecular weight is 834 g/mol. The third-order valence-electron chi connectivity index (χ3n) is 13.1. The number of furan rings is 1. The molecule has 0 bridgehead atoms. The molecule has 4 nitrogen and oxygen atoms in total. The van der Waals surface area contributed by atoms with Gasteiger partial charge in [0, 0.05) is 33.0 Å². The number of aromatic nitrogens is 3. The monoisotopic (exact) mass is 833 g/mol. The van der Waals surface area contributed by atoms with Gasteiger partial charge in [0.25, 0.3) is 0 Å². The van der Waals surface area contributed by atoms with E-state index in [0.717, 1.165) is 66.7 Å². The van der Waals surface area contributed by atoms with E-state index in [4.69, 9.17) is 14.4 Å². The molecule has 0 N–H and O–H groups in total. The van der Waals surface area contributed by atoms with Crippen molar-refractivity contribution in [3.8, 4) is 61.7 Å². The van der Waals surface area contributed by atoms with Crippen molar-refractivity contribution < 1.29 is 4.42 Å². The summed E-state index contributed by atoms with van der Waals surface area (Å²) in [5.41, 5.74) is 20.1. The number of para-hydroxylation sites is 1. The highest BCUT2D eigenvalue weighted by Crippen LogP contribution is 2.47. The van der Waals surface area contributed by atoms with Crippen LogP contribution in [0.2, 0.25) is 0 Å². The van der Waals surface area contributed by atoms with Gasteiger partial charge in [-0.15, -0.1) is 0 Å². The van der Waals surface area contributed by atoms with E-state index >= 15 is 0 Å². The van der Waals surface area contributed by atoms with Crippen LogP contribution in [0.5, 0.6) is 0 Å². The van der Waals surface area contributed by atoms with Gasteiger partial charge in [0.1, 0.15) is 16.8 Å². The Morgan fingerprint density at radius 1 is 0.523 bits per heavy atom. The second kappa shape index (κ2) is 15.2. The Kier molecular flexibility index (Phi) is 8.96. The number of rotatable bonds is 7. The fourth-order valence-electron chi connectivity index (χ4n) is 9.93. The maximum Gasteiger partial charge on any atom is 0.180 e. The highest BCUT2D eigenvalue weighted by atomic mass is 16.3. The average Bonchev–Trinajstić information content (AvgIpc) is 3.88. The minimum Gasteiger partial charge on any atom is -0.452 e. The van der Waals surface area contributed by atoms with Gasteiger partial charge in [-0.2, -0.15) is 0 Å². The molecular formula is C61H43N3O. The Morgan fingerprint density at radius 3 is 1.92 bits per heavy atom. The van der Waals surface area contributed by atoms with Gasteiger partial charge >= 0.3 is 0 Å². The molecule has 0 aliphatic carbocycles. The number of benzene rings is 9. The summed E-state index contributed by atoms with van der Waals surface area (Å²) < 4.78 is 8.96. The molecule has 9 aromatic carbocycles. The van der Waals surface area contributed by atoms with Gasteiger partial charge < -0.3 is 8.98 Å². The second-order valence-electron chi connectivity index (χ2n) is 17.2. The smallest absolute Gasteiger partial charge is 0.180 e. The second-order valence-corrected chi connectivity index (χ2v) is 17.2. The molecule has 4 heteroatoms. The lowest BCUT2D eigenvalue weighted by atomic mass is 9.85. The number of nitrogens with zero attached hydrogens (tertiary/aromatic N) is 3. The van der Waals surface area contributed by atoms with Crippen LogP contribution < -0.4 is 0 Å². The molecule has 0 aliphatic rings. The zero-order valence-electron chi connectivity index (χ0n) is 36.4. The Hall–Kier alpha value is -8.34. The van der Waals surface area contributed by atoms with Gasteiger partial charge in [-0.05, 0) is 136 Å². The summed E-state index contributed by atoms with van der Waals surface area (Å²) in [4.78, 5) is 10.5. The molecule has 0 aliphatic heterocycles. The predicted molar refractivity (Wildman–Crippen MR) is 273 cm³/mol. The number of hydrogen-bond acceptors (Lipinski definition) is 3. The van der Waals surface area contributed by atoms with Gasteiger partial charge in [-0.1, -0.05) is 152 Å². The van der Waals surface area contributed by atoms with Crippen LogP contribution in [-0.2, 0) is 0 Å². The van der Waals surface area contributed by atoms with Crippen molar-refractivity contribution in [2.24, 2.45) is 0 Å². The van der Waals surface area contributed by atoms with Crippen molar-refractivity contribution in [3.05, 3.63) is 217 Å². The zero-order valence-corrected chi connectivity index (χ0v) is 36.4. The molecule has 0 atom stereocenters. The van der Waals surface area contributed by atoms with Crippen LogP contribution in [0, 0.1) is 13.8 Å². The Bertz CT molecular complexity index is 3850. The van der Waals surface area contributed by atoms with E-state index < -0.39 is 0 Å². The molecule has 0 saturated heterocycles. The van der Waals surface area contributed by atoms with E-state index in [1.165, 1.54) is 60.5 Å². The highest BCUT2D eigenvalue weighted by Gasteiger charge is 2.24. The van der Waals surface area contributed by atoms with E-state index in [2.05, 4.69) is 202 Å². The molecule has 0 saturated carbocycles. The molecule has 65 heavy (non-hydrogen) atoms. The first-order valence-corrected chi connectivity index (χ1v) is 22.2. The van der Waals surface area contributed by atoms with Crippen molar-refractivity contribution in [2.45, 2.75) is 20.8 Å². The van der Waals surface area contributed by atoms with E-state index in [-0.39, 0.29) is 0 Å². The van der Waals surface area contributed by atoms with Gasteiger partial charge in [0.2, 0.25) is 0 Å². The maximum atomic E-state index is 6.51. The minimum absolute atomic E-state index is 0.641. The molecule has 0 spiro atoms. The lowest BCUT2D eigenvalue weighted by molar-refractivity contribution is 0.667. The summed E-state index contributed by atoms with van der Waals surface area (Å²) in [6, 6.07) is 69.1. The molecule has 0 radical (unpaired) electrons. The minimum atomic E-state index is 0.641. The van der Waals surface area contributed by atoms with Gasteiger partial charge in [0.15, 0.2) is 11.4 Å². The van der Waals surface area contributed by atoms with Crippen molar-refractivity contribution in [3.63, 3.8) is 0 Å². The lowest BCUT2D eigenvalue weighted by Crippen LogP contribution is -1.98. The first kappa shape index (κ1) is 38.3. The number of fused-ring (bicyclic) bond motifs is 7. The third kappa shape index (κ3) is 6.29. The first-order chi connectivity index (χ1) is 31.9. The van der Waals surface area contributed by atoms with Crippen molar-refractivity contribution in [1.82, 2.24) is 14.5 Å². The van der Waals surface area contributed by atoms with Crippen LogP contribution in [0.25, 0.3) is 122 Å². The third-order valence-corrected chi connectivity index (χ3v) is 13.1. The van der Waals surface area contributed by atoms with Crippen LogP contribution >= 0.6 is 0 Å². The topological polar surface area (TPSA) is 43.9 Å². The summed E-state index contributed by atoms with van der Waals surface area (Å²) in [6.07, 6.45) is 0. The molecule has 12 aromatic rings. The standard InChI is InChI=1S/C61H43N3O/c1-37(2)47-21-12-13-23-49(47)56-39(4)51(48-22-11-8-16-38(48)3)36-54-57(56)52-34-44-19-9-10-20-45(44)35-53(52)64(54)46-32-30-43(31-33-46)61-62-58(60-59(63-61)50-24-14-15-25-55(50)65-60)42-28-26-41(27-29-42)40-17-6-5-7-18-40/h5-36H,1H2,2-4H3. The molecule has 308 valence electrons. The zero-order chi connectivity index (χ0) is 43.8. The maximum absolute atomic E-state index is 6.51. The summed E-state index contributed by atoms with van der Waals surface area (Å²) >= 11 is 0. The van der Waals surface area contributed by atoms with Gasteiger partial charge in [0.05, 0.1) is 11.0 Å². The van der Waals surface area contributed by atoms with Crippen molar-refractivity contribution in [1.29, 1.82) is 0 Å². The quantitative estimate of drug-likeness (QED) is 0.161. The molecule has 0 unspecified atom stereocenters. The molecule has 0 fully saturated rings. The Labute approximate surface area is 377 Å². The van der Waals surface area contributed by atoms with Crippen LogP contribution in [0.4, 0.5) is 0 Å². The largest absolute Gasteiger partial charge is 0.452 e. The number of hydrogen-bond donors (Lipinski definition) is 0. The summed E-state index contributed by atoms with van der Waals surface area (Å²) in [7, 11) is 0. The van der Waals surface area contributed by atoms with Crippen LogP contribution in [-0.4, -0.2) is 14.5 Å². The van der Waals surface area contributed by atoms with Crippen LogP contribution in [0.1, 0.15) is 23.6 Å². The first-order valence-electron chi connectivity index (χ1n) is 22.2. The number of aryl methyl sites for hydroxylation is 1. The van der Waals surface area contributed by atoms with E-state index in [0.29, 0.717) is 11.4 Å². The Morgan fingerprint density at radius 2 is 1.15 bits per heavy atom. The van der Waals surface area contributed by atoms with Crippen molar-refractivity contribution >= 4 is 60.2 Å². The van der Waals surface area contributed by atoms with E-state index in [1.807, 2.05) is 24.3 Å². The fraction of sp³-hybridized carbons (Fsp3) is 0.0492. The van der Waals surface area contributed by atoms with Crippen LogP contribution in [0.15, 0.2) is 205 Å². The summed E-state index contributed by atoms with van der Waals surface area (Å²) in [6.45, 7) is 11.1. The van der Waals surface area contributed by atoms with Crippen molar-refractivity contribution in [2.75, 3.05) is 0 Å². The Balaban J connectivity index is 1.09. The fourth-order valence-corrected chi connectivity index (χ4v) is 9.93. The SMILES string of the molecule is C=C(C)c1ccccc1-c1c(C)c(-c2ccccc2C)cc2c1c1cc3ccccc3cc1n2-c1ccc(-c2nc(-c3ccc(-c4ccccc4)cc3)c3oc4ccccc4c3n2)cc1. The van der Waals surface area contributed by atoms with Crippen LogP contribution in [0.3, 0.4) is 0 Å². The lowest BCUT2D eigenvalue weighted by Gasteiger charge is -2.19. The summed E-state index contributed by atoms with van der Waals surface area (Å²) in [5, 5.41) is 5.79. The summed E-state index contributed by atoms with van der Waals surface area (Å²) in [5.74, 6) is 0.641. The molecule has 3 heterocycles. The van der Waals surface area contributed by atoms with Gasteiger partial charge in [-0.25, -0.2) is 9.97 Å². The molecule has 0 amide bonds. The molecule has 3 aromatic heterocycles. The van der Waals surface area contributed by atoms with E-state index in [1.54, 1.807) is 0 Å². The molecule has 12 rings (SSSR count). The molecular weight excluding hydrogens is 791 g/mol. The van der Waals surface area contributed by atoms with E-state index in [9.17, 15) is 0 Å². The highest BCUT2D eigenvalue weighted by molar-refractivity contribution is 6.21. The normalized spacial score (nSPS) is 11.7.